The second kappa shape index (κ2) is 46.1. The Morgan fingerprint density at radius 3 is 1.34 bits per heavy atom. The fraction of sp³-hybridized carbons (Fsp3) is 0.750. The number of aliphatic carboxylic acids is 1. The van der Waals surface area contributed by atoms with Gasteiger partial charge in [-0.3, -0.25) is 9.59 Å². The maximum atomic E-state index is 12.8. The Bertz CT molecular complexity index is 1110. The molecular weight excluding hydrogens is 733 g/mol. The molecule has 0 aromatic carbocycles. The number of esters is 1. The predicted octanol–water partition coefficient (Wildman–Crippen LogP) is 14.5. The molecule has 7 nitrogen and oxygen atoms in total. The molecule has 0 heterocycles. The average molecular weight is 825 g/mol. The number of unbranched alkanes of at least 4 members (excludes halogenated alkanes) is 22. The van der Waals surface area contributed by atoms with Crippen LogP contribution in [0.5, 0.6) is 0 Å². The number of nitrogens with two attached hydrogens (primary N) is 1. The molecule has 4 N–H and O–H groups in total. The number of carboxylic acid groups (broad SMARTS) is 1. The number of hydrogen-bond donors (Lipinski definition) is 3. The molecule has 0 rings (SSSR count). The van der Waals surface area contributed by atoms with E-state index in [1.807, 2.05) is 12.2 Å². The van der Waals surface area contributed by atoms with E-state index in [0.29, 0.717) is 45.1 Å². The summed E-state index contributed by atoms with van der Waals surface area (Å²) >= 11 is 0. The lowest BCUT2D eigenvalue weighted by atomic mass is 10.0. The van der Waals surface area contributed by atoms with E-state index in [2.05, 4.69) is 67.8 Å². The van der Waals surface area contributed by atoms with Gasteiger partial charge < -0.3 is 20.9 Å². The molecule has 340 valence electrons. The minimum absolute atomic E-state index is 0.161. The van der Waals surface area contributed by atoms with Crippen molar-refractivity contribution in [2.45, 2.75) is 244 Å². The van der Waals surface area contributed by atoms with Crippen LogP contribution in [0.25, 0.3) is 0 Å². The third-order valence-electron chi connectivity index (χ3n) is 10.8. The third kappa shape index (κ3) is 43.0. The van der Waals surface area contributed by atoms with Gasteiger partial charge in [0.05, 0.1) is 0 Å². The van der Waals surface area contributed by atoms with Crippen molar-refractivity contribution in [1.29, 1.82) is 0 Å². The maximum absolute atomic E-state index is 12.8. The Morgan fingerprint density at radius 2 is 0.915 bits per heavy atom. The zero-order valence-electron chi connectivity index (χ0n) is 38.3. The highest BCUT2D eigenvalue weighted by atomic mass is 16.5. The van der Waals surface area contributed by atoms with Crippen molar-refractivity contribution in [1.82, 2.24) is 5.32 Å². The summed E-state index contributed by atoms with van der Waals surface area (Å²) in [6.07, 6.45) is 58.6. The molecular formula is C52H92N2O5. The Kier molecular flexibility index (Phi) is 43.9. The number of amides is 1. The molecule has 0 saturated heterocycles. The van der Waals surface area contributed by atoms with Crippen LogP contribution in [0.15, 0.2) is 60.8 Å². The number of carbonyl (C=O) groups excluding carboxylic acids is 2. The molecule has 1 amide bonds. The summed E-state index contributed by atoms with van der Waals surface area (Å²) < 4.78 is 5.90. The van der Waals surface area contributed by atoms with Crippen LogP contribution in [0.1, 0.15) is 232 Å². The smallest absolute Gasteiger partial charge is 0.326 e. The maximum Gasteiger partial charge on any atom is 0.326 e. The van der Waals surface area contributed by atoms with Crippen LogP contribution in [0.2, 0.25) is 0 Å². The number of allylic oxidation sites excluding steroid dienone is 9. The van der Waals surface area contributed by atoms with Crippen molar-refractivity contribution in [3.8, 4) is 0 Å². The first kappa shape index (κ1) is 56.1. The van der Waals surface area contributed by atoms with Crippen molar-refractivity contribution < 1.29 is 24.2 Å². The first-order chi connectivity index (χ1) is 28.9. The summed E-state index contributed by atoms with van der Waals surface area (Å²) in [7, 11) is 0. The van der Waals surface area contributed by atoms with Gasteiger partial charge in [-0.25, -0.2) is 4.79 Å². The molecule has 7 heteroatoms. The Hall–Kier alpha value is -2.93. The van der Waals surface area contributed by atoms with E-state index in [-0.39, 0.29) is 24.4 Å². The van der Waals surface area contributed by atoms with Crippen LogP contribution in [0.3, 0.4) is 0 Å². The predicted molar refractivity (Wildman–Crippen MR) is 253 cm³/mol. The van der Waals surface area contributed by atoms with Crippen molar-refractivity contribution in [2.75, 3.05) is 6.54 Å². The zero-order chi connectivity index (χ0) is 43.1. The molecule has 0 spiro atoms. The molecule has 0 aliphatic carbocycles. The molecule has 2 unspecified atom stereocenters. The first-order valence-electron chi connectivity index (χ1n) is 24.6. The van der Waals surface area contributed by atoms with E-state index in [0.717, 1.165) is 44.9 Å². The molecule has 0 bridgehead atoms. The zero-order valence-corrected chi connectivity index (χ0v) is 38.3. The normalized spacial score (nSPS) is 13.1. The summed E-state index contributed by atoms with van der Waals surface area (Å²) in [5, 5.41) is 12.0. The van der Waals surface area contributed by atoms with Crippen molar-refractivity contribution in [2.24, 2.45) is 5.73 Å². The van der Waals surface area contributed by atoms with E-state index < -0.39 is 12.0 Å². The van der Waals surface area contributed by atoms with E-state index in [1.54, 1.807) is 0 Å². The van der Waals surface area contributed by atoms with Gasteiger partial charge in [-0.15, -0.1) is 0 Å². The summed E-state index contributed by atoms with van der Waals surface area (Å²) in [5.74, 6) is -1.48. The molecule has 0 fully saturated rings. The fourth-order valence-electron chi connectivity index (χ4n) is 7.16. The fourth-order valence-corrected chi connectivity index (χ4v) is 7.16. The first-order valence-corrected chi connectivity index (χ1v) is 24.6. The molecule has 0 radical (unpaired) electrons. The lowest BCUT2D eigenvalue weighted by molar-refractivity contribution is -0.147. The molecule has 0 aromatic heterocycles. The Balaban J connectivity index is 4.31. The molecule has 0 saturated carbocycles. The van der Waals surface area contributed by atoms with Crippen molar-refractivity contribution >= 4 is 17.8 Å². The van der Waals surface area contributed by atoms with Gasteiger partial charge >= 0.3 is 11.9 Å². The van der Waals surface area contributed by atoms with Crippen molar-refractivity contribution in [3.05, 3.63) is 60.8 Å². The van der Waals surface area contributed by atoms with Gasteiger partial charge in [0.15, 0.2) is 0 Å². The van der Waals surface area contributed by atoms with Gasteiger partial charge in [0.1, 0.15) is 12.1 Å². The molecule has 59 heavy (non-hydrogen) atoms. The highest BCUT2D eigenvalue weighted by Crippen LogP contribution is 2.17. The van der Waals surface area contributed by atoms with Crippen LogP contribution in [-0.4, -0.2) is 41.6 Å². The van der Waals surface area contributed by atoms with E-state index in [4.69, 9.17) is 10.5 Å². The van der Waals surface area contributed by atoms with Gasteiger partial charge in [0, 0.05) is 12.8 Å². The number of carbonyl (C=O) groups is 3. The largest absolute Gasteiger partial charge is 0.480 e. The van der Waals surface area contributed by atoms with E-state index in [1.165, 1.54) is 128 Å². The Morgan fingerprint density at radius 1 is 0.508 bits per heavy atom. The van der Waals surface area contributed by atoms with Crippen molar-refractivity contribution in [3.63, 3.8) is 0 Å². The quantitative estimate of drug-likeness (QED) is 0.0320. The van der Waals surface area contributed by atoms with Gasteiger partial charge in [0.2, 0.25) is 5.91 Å². The van der Waals surface area contributed by atoms with Gasteiger partial charge in [-0.05, 0) is 83.2 Å². The van der Waals surface area contributed by atoms with E-state index in [9.17, 15) is 19.5 Å². The summed E-state index contributed by atoms with van der Waals surface area (Å²) in [6.45, 7) is 4.81. The van der Waals surface area contributed by atoms with Crippen LogP contribution in [0.4, 0.5) is 0 Å². The topological polar surface area (TPSA) is 119 Å². The standard InChI is InChI=1S/C52H92N2O5/c1-3-5-7-9-11-13-15-17-19-20-21-22-23-24-25-26-28-30-32-34-36-38-46-51(56)59-48(43-39-40-45-50(55)54-49(52(57)58)44-41-47-53)42-37-35-33-31-29-27-18-16-14-12-10-8-6-4-2/h6,8,12,14,18,27,31,33,37,42,48-49H,3-5,7,9-11,13,15-17,19-26,28-30,32,34-36,38-41,43-47,53H2,1-2H3,(H,54,55)(H,57,58)/b8-6-,14-12-,27-18-,33-31-,42-37-. The molecule has 0 aliphatic heterocycles. The lowest BCUT2D eigenvalue weighted by Gasteiger charge is -2.16. The average Bonchev–Trinajstić information content (AvgIpc) is 3.22. The summed E-state index contributed by atoms with van der Waals surface area (Å²) in [4.78, 5) is 36.7. The second-order valence-electron chi connectivity index (χ2n) is 16.5. The number of carboxylic acids is 1. The number of hydrogen-bond acceptors (Lipinski definition) is 5. The van der Waals surface area contributed by atoms with Gasteiger partial charge in [-0.2, -0.15) is 0 Å². The summed E-state index contributed by atoms with van der Waals surface area (Å²) in [5.41, 5.74) is 5.51. The SMILES string of the molecule is CC/C=C\C/C=C\C/C=C\C/C=C\C/C=C\C(CCCCC(=O)NC(CCCN)C(=O)O)OC(=O)CCCCCCCCCCCCCCCCCCCCCCCC. The number of nitrogens with one attached hydrogen (secondary N) is 1. The van der Waals surface area contributed by atoms with Gasteiger partial charge in [0.25, 0.3) is 0 Å². The number of ether oxygens (including phenoxy) is 1. The summed E-state index contributed by atoms with van der Waals surface area (Å²) in [6, 6.07) is -0.912. The molecule has 0 aliphatic rings. The highest BCUT2D eigenvalue weighted by Gasteiger charge is 2.19. The highest BCUT2D eigenvalue weighted by molar-refractivity contribution is 5.83. The molecule has 0 aromatic rings. The minimum Gasteiger partial charge on any atom is -0.480 e. The van der Waals surface area contributed by atoms with E-state index >= 15 is 0 Å². The van der Waals surface area contributed by atoms with Crippen LogP contribution < -0.4 is 11.1 Å². The molecule has 2 atom stereocenters. The van der Waals surface area contributed by atoms with Gasteiger partial charge in [-0.1, -0.05) is 203 Å². The minimum atomic E-state index is -1.04. The lowest BCUT2D eigenvalue weighted by Crippen LogP contribution is -2.40. The van der Waals surface area contributed by atoms with Crippen LogP contribution in [-0.2, 0) is 19.1 Å². The Labute approximate surface area is 363 Å². The second-order valence-corrected chi connectivity index (χ2v) is 16.5. The monoisotopic (exact) mass is 825 g/mol. The van der Waals surface area contributed by atoms with Crippen LogP contribution >= 0.6 is 0 Å². The number of rotatable bonds is 44. The third-order valence-corrected chi connectivity index (χ3v) is 10.8. The van der Waals surface area contributed by atoms with Crippen LogP contribution in [0, 0.1) is 0 Å².